The van der Waals surface area contributed by atoms with Gasteiger partial charge in [-0.2, -0.15) is 5.10 Å². The number of nitrogens with zero attached hydrogens (tertiary/aromatic N) is 2. The second-order valence-corrected chi connectivity index (χ2v) is 9.28. The summed E-state index contributed by atoms with van der Waals surface area (Å²) in [5.74, 6) is 1.20. The van der Waals surface area contributed by atoms with Crippen LogP contribution in [-0.2, 0) is 0 Å². The minimum Gasteiger partial charge on any atom is -0.491 e. The highest BCUT2D eigenvalue weighted by Crippen LogP contribution is 2.46. The van der Waals surface area contributed by atoms with E-state index in [1.54, 1.807) is 0 Å². The van der Waals surface area contributed by atoms with E-state index in [4.69, 9.17) is 4.74 Å². The average molecular weight is 422 g/mol. The fourth-order valence-corrected chi connectivity index (χ4v) is 4.86. The molecule has 1 aliphatic heterocycles. The molecular weight excluding hydrogens is 390 g/mol. The Labute approximate surface area is 182 Å². The molecule has 2 heterocycles. The van der Waals surface area contributed by atoms with Crippen molar-refractivity contribution >= 4 is 10.8 Å². The third kappa shape index (κ3) is 4.47. The van der Waals surface area contributed by atoms with Gasteiger partial charge in [-0.1, -0.05) is 18.2 Å². The van der Waals surface area contributed by atoms with E-state index in [1.807, 2.05) is 25.3 Å². The summed E-state index contributed by atoms with van der Waals surface area (Å²) in [6.07, 6.45) is 5.28. The number of aromatic amines is 1. The van der Waals surface area contributed by atoms with Gasteiger partial charge in [0.1, 0.15) is 18.5 Å². The standard InChI is InChI=1S/C25H31N3O3/c1-17-24(14-26-27-17)19-3-2-18-4-5-23(13-20(18)12-19)31-16-22(29)15-28-10-6-21(7-11-28)25(30)8-9-25/h2-5,12-14,21-22,29-30H,6-11,15-16H2,1H3,(H,26,27). The van der Waals surface area contributed by atoms with Crippen LogP contribution in [0.5, 0.6) is 5.75 Å². The van der Waals surface area contributed by atoms with Gasteiger partial charge in [-0.3, -0.25) is 5.10 Å². The van der Waals surface area contributed by atoms with Crippen molar-refractivity contribution < 1.29 is 14.9 Å². The lowest BCUT2D eigenvalue weighted by Crippen LogP contribution is -2.43. The number of nitrogens with one attached hydrogen (secondary N) is 1. The minimum atomic E-state index is -0.531. The molecule has 1 saturated heterocycles. The van der Waals surface area contributed by atoms with Gasteiger partial charge in [-0.25, -0.2) is 0 Å². The van der Waals surface area contributed by atoms with Gasteiger partial charge < -0.3 is 19.8 Å². The van der Waals surface area contributed by atoms with Crippen molar-refractivity contribution in [2.45, 2.75) is 44.3 Å². The van der Waals surface area contributed by atoms with E-state index in [2.05, 4.69) is 39.4 Å². The van der Waals surface area contributed by atoms with Crippen LogP contribution in [0.15, 0.2) is 42.6 Å². The van der Waals surface area contributed by atoms with E-state index in [1.165, 1.54) is 0 Å². The molecule has 164 valence electrons. The molecule has 0 spiro atoms. The van der Waals surface area contributed by atoms with Gasteiger partial charge in [0.25, 0.3) is 0 Å². The zero-order valence-electron chi connectivity index (χ0n) is 18.1. The molecule has 1 saturated carbocycles. The number of fused-ring (bicyclic) bond motifs is 1. The number of hydrogen-bond acceptors (Lipinski definition) is 5. The van der Waals surface area contributed by atoms with Crippen molar-refractivity contribution in [2.24, 2.45) is 5.92 Å². The van der Waals surface area contributed by atoms with Crippen molar-refractivity contribution in [2.75, 3.05) is 26.2 Å². The summed E-state index contributed by atoms with van der Waals surface area (Å²) in [6, 6.07) is 12.4. The second-order valence-electron chi connectivity index (χ2n) is 9.28. The number of rotatable bonds is 7. The Kier molecular flexibility index (Phi) is 5.46. The molecule has 0 radical (unpaired) electrons. The first-order chi connectivity index (χ1) is 15.0. The Morgan fingerprint density at radius 1 is 1.16 bits per heavy atom. The predicted octanol–water partition coefficient (Wildman–Crippen LogP) is 3.51. The molecule has 5 rings (SSSR count). The van der Waals surface area contributed by atoms with Gasteiger partial charge in [0.05, 0.1) is 11.8 Å². The highest BCUT2D eigenvalue weighted by molar-refractivity contribution is 5.88. The topological polar surface area (TPSA) is 81.6 Å². The molecule has 31 heavy (non-hydrogen) atoms. The molecule has 6 nitrogen and oxygen atoms in total. The summed E-state index contributed by atoms with van der Waals surface area (Å²) in [5.41, 5.74) is 2.89. The summed E-state index contributed by atoms with van der Waals surface area (Å²) >= 11 is 0. The molecule has 2 fully saturated rings. The number of aromatic nitrogens is 2. The van der Waals surface area contributed by atoms with Gasteiger partial charge in [0, 0.05) is 17.8 Å². The molecule has 1 atom stereocenters. The number of piperidine rings is 1. The smallest absolute Gasteiger partial charge is 0.120 e. The van der Waals surface area contributed by atoms with Crippen molar-refractivity contribution in [3.05, 3.63) is 48.3 Å². The molecule has 1 aliphatic carbocycles. The van der Waals surface area contributed by atoms with Crippen LogP contribution in [0.3, 0.4) is 0 Å². The zero-order chi connectivity index (χ0) is 21.4. The number of aliphatic hydroxyl groups excluding tert-OH is 1. The summed E-state index contributed by atoms with van der Waals surface area (Å²) in [6.45, 7) is 4.79. The number of hydrogen-bond donors (Lipinski definition) is 3. The van der Waals surface area contributed by atoms with Crippen LogP contribution in [0.25, 0.3) is 21.9 Å². The molecule has 0 bridgehead atoms. The summed E-state index contributed by atoms with van der Waals surface area (Å²) < 4.78 is 5.92. The van der Waals surface area contributed by atoms with E-state index in [9.17, 15) is 10.2 Å². The second kappa shape index (κ2) is 8.26. The predicted molar refractivity (Wildman–Crippen MR) is 121 cm³/mol. The highest BCUT2D eigenvalue weighted by atomic mass is 16.5. The van der Waals surface area contributed by atoms with Gasteiger partial charge in [0.15, 0.2) is 0 Å². The van der Waals surface area contributed by atoms with Crippen LogP contribution in [0.2, 0.25) is 0 Å². The van der Waals surface area contributed by atoms with Crippen LogP contribution < -0.4 is 4.74 Å². The van der Waals surface area contributed by atoms with Crippen LogP contribution in [-0.4, -0.2) is 63.3 Å². The molecule has 3 aromatic rings. The van der Waals surface area contributed by atoms with Gasteiger partial charge in [-0.15, -0.1) is 0 Å². The van der Waals surface area contributed by atoms with Crippen molar-refractivity contribution in [3.8, 4) is 16.9 Å². The maximum absolute atomic E-state index is 10.5. The van der Waals surface area contributed by atoms with E-state index < -0.39 is 6.10 Å². The fraction of sp³-hybridized carbons (Fsp3) is 0.480. The third-order valence-electron chi connectivity index (χ3n) is 6.97. The first kappa shape index (κ1) is 20.5. The molecule has 3 N–H and O–H groups in total. The van der Waals surface area contributed by atoms with Crippen molar-refractivity contribution in [1.82, 2.24) is 15.1 Å². The molecule has 2 aromatic carbocycles. The third-order valence-corrected chi connectivity index (χ3v) is 6.97. The number of likely N-dealkylation sites (tertiary alicyclic amines) is 1. The quantitative estimate of drug-likeness (QED) is 0.544. The fourth-order valence-electron chi connectivity index (χ4n) is 4.86. The van der Waals surface area contributed by atoms with Gasteiger partial charge in [-0.05, 0) is 86.1 Å². The zero-order valence-corrected chi connectivity index (χ0v) is 18.1. The lowest BCUT2D eigenvalue weighted by Gasteiger charge is -2.35. The van der Waals surface area contributed by atoms with Gasteiger partial charge >= 0.3 is 0 Å². The first-order valence-electron chi connectivity index (χ1n) is 11.3. The lowest BCUT2D eigenvalue weighted by atomic mass is 9.89. The summed E-state index contributed by atoms with van der Waals surface area (Å²) in [4.78, 5) is 2.29. The maximum atomic E-state index is 10.5. The molecule has 2 aliphatic rings. The van der Waals surface area contributed by atoms with E-state index in [-0.39, 0.29) is 12.2 Å². The molecule has 1 unspecified atom stereocenters. The van der Waals surface area contributed by atoms with Crippen LogP contribution in [0.1, 0.15) is 31.4 Å². The Morgan fingerprint density at radius 2 is 1.94 bits per heavy atom. The van der Waals surface area contributed by atoms with Crippen molar-refractivity contribution in [3.63, 3.8) is 0 Å². The highest BCUT2D eigenvalue weighted by Gasteiger charge is 2.48. The van der Waals surface area contributed by atoms with Crippen molar-refractivity contribution in [1.29, 1.82) is 0 Å². The maximum Gasteiger partial charge on any atom is 0.120 e. The number of aliphatic hydroxyl groups is 2. The number of aryl methyl sites for hydroxylation is 1. The monoisotopic (exact) mass is 421 g/mol. The largest absolute Gasteiger partial charge is 0.491 e. The molecule has 0 amide bonds. The molecule has 1 aromatic heterocycles. The van der Waals surface area contributed by atoms with E-state index in [0.29, 0.717) is 12.5 Å². The van der Waals surface area contributed by atoms with Crippen LogP contribution in [0, 0.1) is 12.8 Å². The minimum absolute atomic E-state index is 0.274. The summed E-state index contributed by atoms with van der Waals surface area (Å²) in [7, 11) is 0. The van der Waals surface area contributed by atoms with Crippen LogP contribution >= 0.6 is 0 Å². The van der Waals surface area contributed by atoms with Gasteiger partial charge in [0.2, 0.25) is 0 Å². The Morgan fingerprint density at radius 3 is 2.65 bits per heavy atom. The SMILES string of the molecule is Cc1[nH]ncc1-c1ccc2ccc(OCC(O)CN3CCC(C4(O)CC4)CC3)cc2c1. The van der Waals surface area contributed by atoms with E-state index in [0.717, 1.165) is 72.1 Å². The normalized spacial score (nSPS) is 20.1. The Bertz CT molecular complexity index is 1050. The first-order valence-corrected chi connectivity index (χ1v) is 11.3. The van der Waals surface area contributed by atoms with E-state index >= 15 is 0 Å². The molecular formula is C25H31N3O3. The number of benzene rings is 2. The number of β-amino-alcohol motifs (C(OH)–C–C–N with tert-alkyl or cyclic N) is 1. The van der Waals surface area contributed by atoms with Crippen LogP contribution in [0.4, 0.5) is 0 Å². The number of H-pyrrole nitrogens is 1. The molecule has 6 heteroatoms. The summed E-state index contributed by atoms with van der Waals surface area (Å²) in [5, 5.41) is 30.1. The Balaban J connectivity index is 1.17. The Hall–Kier alpha value is -2.41. The average Bonchev–Trinajstić information content (AvgIpc) is 3.39. The number of ether oxygens (including phenoxy) is 1. The lowest BCUT2D eigenvalue weighted by molar-refractivity contribution is 0.0175.